The molecule has 2 aliphatic heterocycles. The highest BCUT2D eigenvalue weighted by molar-refractivity contribution is 7.88. The number of benzene rings is 1. The number of sulfonamides is 1. The fourth-order valence-corrected chi connectivity index (χ4v) is 3.66. The Morgan fingerprint density at radius 2 is 1.73 bits per heavy atom. The summed E-state index contributed by atoms with van der Waals surface area (Å²) in [4.78, 5) is 14.2. The predicted octanol–water partition coefficient (Wildman–Crippen LogP) is 0.429. The van der Waals surface area contributed by atoms with E-state index in [0.717, 1.165) is 13.1 Å². The van der Waals surface area contributed by atoms with Gasteiger partial charge in [-0.15, -0.1) is 12.4 Å². The van der Waals surface area contributed by atoms with Crippen molar-refractivity contribution in [1.82, 2.24) is 14.5 Å². The summed E-state index contributed by atoms with van der Waals surface area (Å²) < 4.78 is 24.4. The van der Waals surface area contributed by atoms with Crippen LogP contribution in [0.5, 0.6) is 0 Å². The fraction of sp³-hybridized carbons (Fsp3) is 0.500. The van der Waals surface area contributed by atoms with Gasteiger partial charge in [-0.3, -0.25) is 4.79 Å². The van der Waals surface area contributed by atoms with E-state index in [1.54, 1.807) is 4.90 Å². The van der Waals surface area contributed by atoms with Gasteiger partial charge in [-0.05, 0) is 23.3 Å². The first-order valence-electron chi connectivity index (χ1n) is 7.02. The Labute approximate surface area is 136 Å². The lowest BCUT2D eigenvalue weighted by Crippen LogP contribution is -2.50. The molecule has 6 nitrogen and oxygen atoms in total. The number of hydrogen-bond acceptors (Lipinski definition) is 4. The summed E-state index contributed by atoms with van der Waals surface area (Å²) in [6.07, 6.45) is 1.21. The number of fused-ring (bicyclic) bond motifs is 1. The van der Waals surface area contributed by atoms with Crippen LogP contribution in [0.4, 0.5) is 0 Å². The summed E-state index contributed by atoms with van der Waals surface area (Å²) in [5, 5.41) is 3.26. The second-order valence-electron chi connectivity index (χ2n) is 5.54. The van der Waals surface area contributed by atoms with Gasteiger partial charge in [-0.2, -0.15) is 4.31 Å². The third-order valence-electron chi connectivity index (χ3n) is 4.08. The molecule has 0 atom stereocenters. The zero-order valence-corrected chi connectivity index (χ0v) is 14.0. The molecule has 0 bridgehead atoms. The van der Waals surface area contributed by atoms with Crippen LogP contribution in [0.25, 0.3) is 0 Å². The van der Waals surface area contributed by atoms with Crippen molar-refractivity contribution in [2.75, 3.05) is 32.4 Å². The van der Waals surface area contributed by atoms with Crippen LogP contribution in [0.3, 0.4) is 0 Å². The first kappa shape index (κ1) is 17.2. The van der Waals surface area contributed by atoms with Gasteiger partial charge < -0.3 is 10.2 Å². The Bertz CT molecular complexity index is 670. The van der Waals surface area contributed by atoms with Gasteiger partial charge in [-0.1, -0.05) is 6.07 Å². The van der Waals surface area contributed by atoms with Gasteiger partial charge in [0.1, 0.15) is 0 Å². The fourth-order valence-electron chi connectivity index (χ4n) is 2.83. The summed E-state index contributed by atoms with van der Waals surface area (Å²) in [7, 11) is -3.16. The molecule has 0 radical (unpaired) electrons. The molecular weight excluding hydrogens is 326 g/mol. The van der Waals surface area contributed by atoms with E-state index in [9.17, 15) is 13.2 Å². The van der Waals surface area contributed by atoms with Gasteiger partial charge in [0, 0.05) is 44.8 Å². The molecule has 1 N–H and O–H groups in total. The number of nitrogens with zero attached hydrogens (tertiary/aromatic N) is 2. The lowest BCUT2D eigenvalue weighted by molar-refractivity contribution is 0.0698. The maximum Gasteiger partial charge on any atom is 0.253 e. The summed E-state index contributed by atoms with van der Waals surface area (Å²) >= 11 is 0. The van der Waals surface area contributed by atoms with E-state index < -0.39 is 10.0 Å². The summed E-state index contributed by atoms with van der Waals surface area (Å²) in [5.74, 6) is -0.0159. The number of amides is 1. The molecule has 1 amide bonds. The zero-order chi connectivity index (χ0) is 15.0. The van der Waals surface area contributed by atoms with Gasteiger partial charge in [0.15, 0.2) is 0 Å². The lowest BCUT2D eigenvalue weighted by Gasteiger charge is -2.33. The highest BCUT2D eigenvalue weighted by Gasteiger charge is 2.27. The molecule has 1 fully saturated rings. The van der Waals surface area contributed by atoms with Crippen LogP contribution < -0.4 is 5.32 Å². The van der Waals surface area contributed by atoms with Crippen LogP contribution in [-0.4, -0.2) is 56.0 Å². The van der Waals surface area contributed by atoms with Gasteiger partial charge >= 0.3 is 0 Å². The molecular formula is C14H20ClN3O3S. The van der Waals surface area contributed by atoms with Gasteiger partial charge in [0.2, 0.25) is 10.0 Å². The Kier molecular flexibility index (Phi) is 5.11. The Balaban J connectivity index is 0.00000176. The summed E-state index contributed by atoms with van der Waals surface area (Å²) in [6, 6.07) is 5.80. The van der Waals surface area contributed by atoms with Crippen LogP contribution in [0.2, 0.25) is 0 Å². The minimum Gasteiger partial charge on any atom is -0.336 e. The normalized spacial score (nSPS) is 18.7. The minimum absolute atomic E-state index is 0. The Morgan fingerprint density at radius 1 is 1.09 bits per heavy atom. The van der Waals surface area contributed by atoms with Crippen molar-refractivity contribution in [3.05, 3.63) is 34.9 Å². The highest BCUT2D eigenvalue weighted by Crippen LogP contribution is 2.19. The number of piperazine rings is 1. The molecule has 8 heteroatoms. The van der Waals surface area contributed by atoms with Crippen molar-refractivity contribution in [2.24, 2.45) is 0 Å². The van der Waals surface area contributed by atoms with Crippen LogP contribution in [0, 0.1) is 0 Å². The number of rotatable bonds is 2. The maximum absolute atomic E-state index is 12.5. The van der Waals surface area contributed by atoms with E-state index in [1.807, 2.05) is 18.2 Å². The predicted molar refractivity (Wildman–Crippen MR) is 86.6 cm³/mol. The molecule has 0 aromatic heterocycles. The van der Waals surface area contributed by atoms with E-state index >= 15 is 0 Å². The molecule has 1 saturated heterocycles. The third kappa shape index (κ3) is 3.43. The van der Waals surface area contributed by atoms with Crippen molar-refractivity contribution in [3.8, 4) is 0 Å². The van der Waals surface area contributed by atoms with E-state index in [0.29, 0.717) is 31.7 Å². The Morgan fingerprint density at radius 3 is 2.36 bits per heavy atom. The second kappa shape index (κ2) is 6.54. The molecule has 1 aromatic rings. The molecule has 122 valence electrons. The van der Waals surface area contributed by atoms with Crippen molar-refractivity contribution in [2.45, 2.75) is 13.1 Å². The van der Waals surface area contributed by atoms with Crippen LogP contribution in [-0.2, 0) is 23.1 Å². The highest BCUT2D eigenvalue weighted by atomic mass is 35.5. The molecule has 1 aromatic carbocycles. The monoisotopic (exact) mass is 345 g/mol. The summed E-state index contributed by atoms with van der Waals surface area (Å²) in [5.41, 5.74) is 3.11. The zero-order valence-electron chi connectivity index (χ0n) is 12.4. The maximum atomic E-state index is 12.5. The smallest absolute Gasteiger partial charge is 0.253 e. The van der Waals surface area contributed by atoms with Crippen molar-refractivity contribution in [3.63, 3.8) is 0 Å². The largest absolute Gasteiger partial charge is 0.336 e. The molecule has 2 aliphatic rings. The van der Waals surface area contributed by atoms with Crippen LogP contribution in [0.1, 0.15) is 21.5 Å². The second-order valence-corrected chi connectivity index (χ2v) is 7.52. The van der Waals surface area contributed by atoms with Crippen LogP contribution in [0.15, 0.2) is 18.2 Å². The van der Waals surface area contributed by atoms with Crippen LogP contribution >= 0.6 is 12.4 Å². The Hall–Kier alpha value is -1.15. The first-order valence-corrected chi connectivity index (χ1v) is 8.87. The average molecular weight is 346 g/mol. The van der Waals surface area contributed by atoms with E-state index in [-0.39, 0.29) is 18.3 Å². The minimum atomic E-state index is -3.16. The first-order chi connectivity index (χ1) is 9.95. The molecule has 3 rings (SSSR count). The SMILES string of the molecule is CS(=O)(=O)N1CCN(C(=O)c2ccc3c(c2)CNC3)CC1.Cl. The molecule has 2 heterocycles. The van der Waals surface area contributed by atoms with Crippen molar-refractivity contribution in [1.29, 1.82) is 0 Å². The topological polar surface area (TPSA) is 69.7 Å². The molecule has 22 heavy (non-hydrogen) atoms. The van der Waals surface area contributed by atoms with Gasteiger partial charge in [-0.25, -0.2) is 8.42 Å². The van der Waals surface area contributed by atoms with Gasteiger partial charge in [0.05, 0.1) is 6.26 Å². The molecule has 0 unspecified atom stereocenters. The van der Waals surface area contributed by atoms with Crippen molar-refractivity contribution < 1.29 is 13.2 Å². The number of carbonyl (C=O) groups excluding carboxylic acids is 1. The molecule has 0 spiro atoms. The number of hydrogen-bond donors (Lipinski definition) is 1. The average Bonchev–Trinajstić information content (AvgIpc) is 2.93. The van der Waals surface area contributed by atoms with E-state index in [2.05, 4.69) is 5.32 Å². The van der Waals surface area contributed by atoms with E-state index in [4.69, 9.17) is 0 Å². The number of carbonyl (C=O) groups is 1. The summed E-state index contributed by atoms with van der Waals surface area (Å²) in [6.45, 7) is 3.30. The molecule has 0 saturated carbocycles. The van der Waals surface area contributed by atoms with E-state index in [1.165, 1.54) is 21.7 Å². The lowest BCUT2D eigenvalue weighted by atomic mass is 10.1. The quantitative estimate of drug-likeness (QED) is 0.844. The third-order valence-corrected chi connectivity index (χ3v) is 5.38. The standard InChI is InChI=1S/C14H19N3O3S.ClH/c1-21(19,20)17-6-4-16(5-7-17)14(18)11-2-3-12-9-15-10-13(12)8-11;/h2-3,8,15H,4-7,9-10H2,1H3;1H. The van der Waals surface area contributed by atoms with Gasteiger partial charge in [0.25, 0.3) is 5.91 Å². The number of halogens is 1. The number of nitrogens with one attached hydrogen (secondary N) is 1. The molecule has 0 aliphatic carbocycles. The van der Waals surface area contributed by atoms with Crippen molar-refractivity contribution >= 4 is 28.3 Å².